The average Bonchev–Trinajstić information content (AvgIpc) is 2.63. The number of nitrogens with zero attached hydrogens (tertiary/aromatic N) is 2. The zero-order chi connectivity index (χ0) is 14.4. The maximum absolute atomic E-state index is 11.9. The molecule has 0 atom stereocenters. The van der Waals surface area contributed by atoms with Crippen molar-refractivity contribution in [2.24, 2.45) is 0 Å². The highest BCUT2D eigenvalue weighted by molar-refractivity contribution is 5.92. The lowest BCUT2D eigenvalue weighted by Crippen LogP contribution is -2.38. The highest BCUT2D eigenvalue weighted by Crippen LogP contribution is 2.09. The normalized spacial score (nSPS) is 15.8. The average molecular weight is 272 g/mol. The van der Waals surface area contributed by atoms with E-state index in [1.807, 2.05) is 11.0 Å². The van der Waals surface area contributed by atoms with Gasteiger partial charge in [-0.05, 0) is 24.6 Å². The van der Waals surface area contributed by atoms with Crippen LogP contribution in [0.3, 0.4) is 0 Å². The van der Waals surface area contributed by atoms with Crippen LogP contribution in [0, 0.1) is 11.3 Å². The molecule has 20 heavy (non-hydrogen) atoms. The van der Waals surface area contributed by atoms with E-state index in [9.17, 15) is 9.59 Å². The summed E-state index contributed by atoms with van der Waals surface area (Å²) in [7, 11) is 0. The summed E-state index contributed by atoms with van der Waals surface area (Å²) in [4.78, 5) is 25.1. The molecule has 0 radical (unpaired) electrons. The molecule has 1 heterocycles. The van der Waals surface area contributed by atoms with Crippen LogP contribution >= 0.6 is 0 Å². The second-order valence-corrected chi connectivity index (χ2v) is 4.65. The first-order valence-corrected chi connectivity index (χ1v) is 6.46. The number of carbonyl (C=O) groups excluding carboxylic acids is 2. The summed E-state index contributed by atoms with van der Waals surface area (Å²) in [5.41, 5.74) is 1.09. The van der Waals surface area contributed by atoms with Gasteiger partial charge in [0.1, 0.15) is 0 Å². The molecule has 2 rings (SSSR count). The van der Waals surface area contributed by atoms with Crippen LogP contribution in [0.4, 0.5) is 5.69 Å². The molecule has 0 spiro atoms. The molecule has 2 amide bonds. The van der Waals surface area contributed by atoms with E-state index >= 15 is 0 Å². The van der Waals surface area contributed by atoms with Gasteiger partial charge in [0.25, 0.3) is 0 Å². The predicted octanol–water partition coefficient (Wildman–Crippen LogP) is 0.319. The molecular formula is C14H16N4O2. The van der Waals surface area contributed by atoms with E-state index in [1.54, 1.807) is 24.3 Å². The van der Waals surface area contributed by atoms with Crippen molar-refractivity contribution >= 4 is 17.5 Å². The molecule has 0 bridgehead atoms. The van der Waals surface area contributed by atoms with Crippen molar-refractivity contribution in [3.63, 3.8) is 0 Å². The minimum Gasteiger partial charge on any atom is -0.355 e. The van der Waals surface area contributed by atoms with Crippen LogP contribution in [0.1, 0.15) is 12.0 Å². The first-order chi connectivity index (χ1) is 9.67. The minimum absolute atomic E-state index is 0.0539. The Morgan fingerprint density at radius 1 is 1.50 bits per heavy atom. The van der Waals surface area contributed by atoms with Gasteiger partial charge < -0.3 is 10.6 Å². The van der Waals surface area contributed by atoms with Crippen molar-refractivity contribution in [2.45, 2.75) is 6.42 Å². The lowest BCUT2D eigenvalue weighted by Gasteiger charge is -2.17. The largest absolute Gasteiger partial charge is 0.355 e. The van der Waals surface area contributed by atoms with Crippen LogP contribution in [0.2, 0.25) is 0 Å². The second kappa shape index (κ2) is 6.68. The Hall–Kier alpha value is -2.39. The van der Waals surface area contributed by atoms with E-state index in [2.05, 4.69) is 10.6 Å². The van der Waals surface area contributed by atoms with Crippen molar-refractivity contribution in [1.29, 1.82) is 5.26 Å². The molecule has 1 aliphatic rings. The van der Waals surface area contributed by atoms with Gasteiger partial charge in [0.05, 0.1) is 24.7 Å². The zero-order valence-electron chi connectivity index (χ0n) is 11.1. The van der Waals surface area contributed by atoms with E-state index < -0.39 is 0 Å². The highest BCUT2D eigenvalue weighted by Gasteiger charge is 2.17. The van der Waals surface area contributed by atoms with Gasteiger partial charge in [0.15, 0.2) is 0 Å². The van der Waals surface area contributed by atoms with E-state index in [0.29, 0.717) is 24.3 Å². The summed E-state index contributed by atoms with van der Waals surface area (Å²) in [6.07, 6.45) is 0.836. The summed E-state index contributed by atoms with van der Waals surface area (Å²) >= 11 is 0. The molecule has 6 nitrogen and oxygen atoms in total. The molecule has 1 aromatic carbocycles. The van der Waals surface area contributed by atoms with Gasteiger partial charge in [-0.3, -0.25) is 14.5 Å². The molecule has 1 aromatic rings. The third-order valence-corrected chi connectivity index (χ3v) is 2.98. The Morgan fingerprint density at radius 3 is 3.15 bits per heavy atom. The van der Waals surface area contributed by atoms with Crippen LogP contribution in [0.15, 0.2) is 24.3 Å². The molecule has 1 fully saturated rings. The van der Waals surface area contributed by atoms with Gasteiger partial charge in [0, 0.05) is 18.8 Å². The molecule has 0 aliphatic carbocycles. The Labute approximate surface area is 117 Å². The van der Waals surface area contributed by atoms with Gasteiger partial charge in [0.2, 0.25) is 11.8 Å². The topological polar surface area (TPSA) is 85.2 Å². The lowest BCUT2D eigenvalue weighted by molar-refractivity contribution is -0.122. The van der Waals surface area contributed by atoms with E-state index in [-0.39, 0.29) is 24.9 Å². The number of amides is 2. The Kier molecular flexibility index (Phi) is 4.69. The first-order valence-electron chi connectivity index (χ1n) is 6.46. The third kappa shape index (κ3) is 4.07. The highest BCUT2D eigenvalue weighted by atomic mass is 16.2. The molecule has 0 unspecified atom stereocenters. The molecule has 1 saturated heterocycles. The monoisotopic (exact) mass is 272 g/mol. The van der Waals surface area contributed by atoms with Crippen LogP contribution in [-0.2, 0) is 9.59 Å². The van der Waals surface area contributed by atoms with Crippen LogP contribution in [0.25, 0.3) is 0 Å². The maximum Gasteiger partial charge on any atom is 0.238 e. The zero-order valence-corrected chi connectivity index (χ0v) is 11.1. The van der Waals surface area contributed by atoms with E-state index in [1.165, 1.54) is 0 Å². The van der Waals surface area contributed by atoms with E-state index in [0.717, 1.165) is 6.42 Å². The van der Waals surface area contributed by atoms with Crippen molar-refractivity contribution in [3.8, 4) is 6.07 Å². The summed E-state index contributed by atoms with van der Waals surface area (Å²) in [5, 5.41) is 14.3. The summed E-state index contributed by atoms with van der Waals surface area (Å²) in [5.74, 6) is -0.239. The van der Waals surface area contributed by atoms with Crippen molar-refractivity contribution in [2.75, 3.05) is 31.5 Å². The standard InChI is InChI=1S/C14H16N4O2/c15-8-11-3-1-4-12(7-11)17-14(20)10-18-6-2-5-16-13(19)9-18/h1,3-4,7H,2,5-6,9-10H2,(H,16,19)(H,17,20). The Morgan fingerprint density at radius 2 is 2.35 bits per heavy atom. The predicted molar refractivity (Wildman–Crippen MR) is 73.9 cm³/mol. The number of benzene rings is 1. The van der Waals surface area contributed by atoms with Gasteiger partial charge in [-0.1, -0.05) is 6.07 Å². The SMILES string of the molecule is N#Cc1cccc(NC(=O)CN2CCCNC(=O)C2)c1. The fourth-order valence-electron chi connectivity index (χ4n) is 2.07. The number of nitriles is 1. The molecule has 1 aliphatic heterocycles. The maximum atomic E-state index is 11.9. The summed E-state index contributed by atoms with van der Waals surface area (Å²) < 4.78 is 0. The molecule has 6 heteroatoms. The van der Waals surface area contributed by atoms with Gasteiger partial charge >= 0.3 is 0 Å². The lowest BCUT2D eigenvalue weighted by atomic mass is 10.2. The number of hydrogen-bond donors (Lipinski definition) is 2. The van der Waals surface area contributed by atoms with Gasteiger partial charge in [-0.2, -0.15) is 5.26 Å². The van der Waals surface area contributed by atoms with Crippen LogP contribution in [-0.4, -0.2) is 42.9 Å². The third-order valence-electron chi connectivity index (χ3n) is 2.98. The van der Waals surface area contributed by atoms with Crippen molar-refractivity contribution in [1.82, 2.24) is 10.2 Å². The van der Waals surface area contributed by atoms with Crippen LogP contribution in [0.5, 0.6) is 0 Å². The van der Waals surface area contributed by atoms with Gasteiger partial charge in [-0.15, -0.1) is 0 Å². The molecule has 0 saturated carbocycles. The summed E-state index contributed by atoms with van der Waals surface area (Å²) in [6.45, 7) is 1.78. The Bertz CT molecular complexity index is 550. The van der Waals surface area contributed by atoms with Gasteiger partial charge in [-0.25, -0.2) is 0 Å². The second-order valence-electron chi connectivity index (χ2n) is 4.65. The van der Waals surface area contributed by atoms with Crippen molar-refractivity contribution < 1.29 is 9.59 Å². The van der Waals surface area contributed by atoms with Crippen LogP contribution < -0.4 is 10.6 Å². The quantitative estimate of drug-likeness (QED) is 0.829. The number of anilines is 1. The molecule has 104 valence electrons. The fraction of sp³-hybridized carbons (Fsp3) is 0.357. The molecular weight excluding hydrogens is 256 g/mol. The number of nitrogens with one attached hydrogen (secondary N) is 2. The number of hydrogen-bond acceptors (Lipinski definition) is 4. The fourth-order valence-corrected chi connectivity index (χ4v) is 2.07. The molecule has 2 N–H and O–H groups in total. The van der Waals surface area contributed by atoms with E-state index in [4.69, 9.17) is 5.26 Å². The minimum atomic E-state index is -0.185. The van der Waals surface area contributed by atoms with Crippen molar-refractivity contribution in [3.05, 3.63) is 29.8 Å². The summed E-state index contributed by atoms with van der Waals surface area (Å²) in [6, 6.07) is 8.76. The Balaban J connectivity index is 1.91. The number of rotatable bonds is 3. The first kappa shape index (κ1) is 14.0. The number of carbonyl (C=O) groups is 2. The smallest absolute Gasteiger partial charge is 0.238 e. The molecule has 0 aromatic heterocycles.